The van der Waals surface area contributed by atoms with Crippen LogP contribution >= 0.6 is 0 Å². The van der Waals surface area contributed by atoms with E-state index >= 15 is 0 Å². The standard InChI is InChI=1S/C34H50N6O5/c1-32(2,3)27(38-31(45)39-34(13-7-6-8-14-34)17-21-10-9-15-36-18-21)30(44)40-19-22-24(33(22,4)5)25(40)29(43)37-23(16-20-11-12-20)26(41)28(35)42/h9-10,15,18,20,22-25,27H,6-8,11-14,16-17,19H2,1-5H3,(H2,35,42)(H,37,43)(H2,38,39,45)/t22?,23?,24-,25-,27+/m0/s1. The van der Waals surface area contributed by atoms with Gasteiger partial charge in [0.05, 0.1) is 6.04 Å². The molecule has 0 radical (unpaired) electrons. The molecule has 5 rings (SSSR count). The monoisotopic (exact) mass is 622 g/mol. The quantitative estimate of drug-likeness (QED) is 0.277. The normalized spacial score (nSPS) is 26.2. The molecular weight excluding hydrogens is 572 g/mol. The third-order valence-corrected chi connectivity index (χ3v) is 10.7. The fraction of sp³-hybridized carbons (Fsp3) is 0.706. The molecule has 11 nitrogen and oxygen atoms in total. The Kier molecular flexibility index (Phi) is 9.03. The van der Waals surface area contributed by atoms with Gasteiger partial charge in [-0.1, -0.05) is 72.8 Å². The van der Waals surface area contributed by atoms with Gasteiger partial charge in [-0.3, -0.25) is 24.2 Å². The summed E-state index contributed by atoms with van der Waals surface area (Å²) >= 11 is 0. The lowest BCUT2D eigenvalue weighted by Gasteiger charge is -2.41. The molecule has 2 heterocycles. The number of likely N-dealkylation sites (tertiary alicyclic amines) is 1. The van der Waals surface area contributed by atoms with Gasteiger partial charge in [0.2, 0.25) is 17.6 Å². The van der Waals surface area contributed by atoms with Gasteiger partial charge < -0.3 is 26.6 Å². The Morgan fingerprint density at radius 2 is 1.76 bits per heavy atom. The first-order valence-corrected chi connectivity index (χ1v) is 16.5. The maximum Gasteiger partial charge on any atom is 0.315 e. The number of nitrogens with two attached hydrogens (primary N) is 1. The number of carbonyl (C=O) groups excluding carboxylic acids is 5. The van der Waals surface area contributed by atoms with Crippen LogP contribution in [0.15, 0.2) is 24.5 Å². The Morgan fingerprint density at radius 1 is 1.07 bits per heavy atom. The van der Waals surface area contributed by atoms with Crippen molar-refractivity contribution in [1.29, 1.82) is 0 Å². The van der Waals surface area contributed by atoms with Crippen LogP contribution in [0.1, 0.15) is 91.5 Å². The molecule has 1 saturated heterocycles. The van der Waals surface area contributed by atoms with Gasteiger partial charge in [-0.2, -0.15) is 0 Å². The highest BCUT2D eigenvalue weighted by atomic mass is 16.2. The number of primary amides is 1. The van der Waals surface area contributed by atoms with E-state index < -0.39 is 52.7 Å². The summed E-state index contributed by atoms with van der Waals surface area (Å²) < 4.78 is 0. The van der Waals surface area contributed by atoms with Crippen LogP contribution in [0.4, 0.5) is 4.79 Å². The molecule has 3 aliphatic carbocycles. The van der Waals surface area contributed by atoms with E-state index in [1.165, 1.54) is 0 Å². The van der Waals surface area contributed by atoms with Gasteiger partial charge in [-0.15, -0.1) is 0 Å². The lowest BCUT2D eigenvalue weighted by molar-refractivity contribution is -0.145. The molecular formula is C34H50N6O5. The molecule has 246 valence electrons. The summed E-state index contributed by atoms with van der Waals surface area (Å²) in [6, 6.07) is 0.784. The number of rotatable bonds is 11. The van der Waals surface area contributed by atoms with Crippen LogP contribution in [0.25, 0.3) is 0 Å². The van der Waals surface area contributed by atoms with Gasteiger partial charge in [0.1, 0.15) is 12.1 Å². The minimum Gasteiger partial charge on any atom is -0.363 e. The molecule has 4 aliphatic rings. The van der Waals surface area contributed by atoms with Crippen molar-refractivity contribution >= 4 is 29.5 Å². The van der Waals surface area contributed by atoms with Crippen LogP contribution < -0.4 is 21.7 Å². The topological polar surface area (TPSA) is 164 Å². The Hall–Kier alpha value is -3.50. The number of pyridine rings is 1. The molecule has 45 heavy (non-hydrogen) atoms. The number of piperidine rings is 1. The number of Topliss-reactive ketones (excluding diaryl/α,β-unsaturated/α-hetero) is 1. The fourth-order valence-corrected chi connectivity index (χ4v) is 7.85. The number of aromatic nitrogens is 1. The molecule has 1 aromatic rings. The van der Waals surface area contributed by atoms with Crippen LogP contribution in [0, 0.1) is 28.6 Å². The predicted octanol–water partition coefficient (Wildman–Crippen LogP) is 2.86. The Balaban J connectivity index is 1.33. The molecule has 3 saturated carbocycles. The third kappa shape index (κ3) is 7.17. The molecule has 4 fully saturated rings. The van der Waals surface area contributed by atoms with Gasteiger partial charge >= 0.3 is 6.03 Å². The maximum absolute atomic E-state index is 14.4. The number of urea groups is 1. The highest BCUT2D eigenvalue weighted by Gasteiger charge is 2.70. The van der Waals surface area contributed by atoms with Crippen molar-refractivity contribution in [2.75, 3.05) is 6.54 Å². The number of ketones is 1. The Labute approximate surface area is 266 Å². The van der Waals surface area contributed by atoms with E-state index in [4.69, 9.17) is 5.73 Å². The molecule has 5 amide bonds. The second kappa shape index (κ2) is 12.4. The molecule has 0 spiro atoms. The Bertz CT molecular complexity index is 1310. The SMILES string of the molecule is CC(C)(C)[C@H](NC(=O)NC1(Cc2cccnc2)CCCCC1)C(=O)N1CC2[C@@H]([C@H]1C(=O)NC(CC1CC1)C(=O)C(N)=O)C2(C)C. The van der Waals surface area contributed by atoms with E-state index in [-0.39, 0.29) is 29.1 Å². The van der Waals surface area contributed by atoms with Gasteiger partial charge in [0, 0.05) is 24.5 Å². The molecule has 0 aromatic carbocycles. The lowest BCUT2D eigenvalue weighted by atomic mass is 9.77. The number of nitrogens with zero attached hydrogens (tertiary/aromatic N) is 2. The van der Waals surface area contributed by atoms with E-state index in [1.54, 1.807) is 11.1 Å². The van der Waals surface area contributed by atoms with Crippen molar-refractivity contribution in [3.63, 3.8) is 0 Å². The van der Waals surface area contributed by atoms with E-state index in [2.05, 4.69) is 34.8 Å². The zero-order valence-corrected chi connectivity index (χ0v) is 27.4. The summed E-state index contributed by atoms with van der Waals surface area (Å²) in [4.78, 5) is 72.2. The predicted molar refractivity (Wildman–Crippen MR) is 168 cm³/mol. The summed E-state index contributed by atoms with van der Waals surface area (Å²) in [6.07, 6.45) is 11.3. The molecule has 1 aromatic heterocycles. The van der Waals surface area contributed by atoms with Crippen molar-refractivity contribution in [2.45, 2.75) is 116 Å². The molecule has 1 aliphatic heterocycles. The van der Waals surface area contributed by atoms with Crippen LogP contribution in [-0.2, 0) is 25.6 Å². The zero-order valence-electron chi connectivity index (χ0n) is 27.4. The minimum absolute atomic E-state index is 0.0915. The largest absolute Gasteiger partial charge is 0.363 e. The summed E-state index contributed by atoms with van der Waals surface area (Å²) in [5.74, 6) is -2.37. The number of hydrogen-bond donors (Lipinski definition) is 4. The third-order valence-electron chi connectivity index (χ3n) is 10.7. The van der Waals surface area contributed by atoms with E-state index in [9.17, 15) is 24.0 Å². The molecule has 2 unspecified atom stereocenters. The van der Waals surface area contributed by atoms with Crippen molar-refractivity contribution in [3.8, 4) is 0 Å². The number of hydrogen-bond acceptors (Lipinski definition) is 6. The van der Waals surface area contributed by atoms with Gasteiger partial charge in [0.25, 0.3) is 5.91 Å². The molecule has 5 N–H and O–H groups in total. The Morgan fingerprint density at radius 3 is 2.33 bits per heavy atom. The summed E-state index contributed by atoms with van der Waals surface area (Å²) in [6.45, 7) is 10.2. The second-order valence-electron chi connectivity index (χ2n) is 15.6. The summed E-state index contributed by atoms with van der Waals surface area (Å²) in [5, 5.41) is 9.07. The maximum atomic E-state index is 14.4. The van der Waals surface area contributed by atoms with Crippen molar-refractivity contribution in [3.05, 3.63) is 30.1 Å². The summed E-state index contributed by atoms with van der Waals surface area (Å²) in [5.41, 5.74) is 5.11. The average molecular weight is 623 g/mol. The minimum atomic E-state index is -1.08. The number of fused-ring (bicyclic) bond motifs is 1. The van der Waals surface area contributed by atoms with Crippen LogP contribution in [0.2, 0.25) is 0 Å². The van der Waals surface area contributed by atoms with Crippen molar-refractivity contribution < 1.29 is 24.0 Å². The smallest absolute Gasteiger partial charge is 0.315 e. The first-order chi connectivity index (χ1) is 21.1. The van der Waals surface area contributed by atoms with Crippen molar-refractivity contribution in [1.82, 2.24) is 25.8 Å². The van der Waals surface area contributed by atoms with E-state index in [0.29, 0.717) is 19.4 Å². The number of amides is 5. The van der Waals surface area contributed by atoms with E-state index in [1.807, 2.05) is 39.1 Å². The van der Waals surface area contributed by atoms with Gasteiger partial charge in [-0.05, 0) is 65.9 Å². The van der Waals surface area contributed by atoms with Crippen LogP contribution in [0.3, 0.4) is 0 Å². The van der Waals surface area contributed by atoms with Crippen molar-refractivity contribution in [2.24, 2.45) is 34.3 Å². The van der Waals surface area contributed by atoms with Gasteiger partial charge in [-0.25, -0.2) is 4.79 Å². The average Bonchev–Trinajstić information content (AvgIpc) is 3.82. The van der Waals surface area contributed by atoms with Crippen LogP contribution in [0.5, 0.6) is 0 Å². The van der Waals surface area contributed by atoms with E-state index in [0.717, 1.165) is 50.5 Å². The highest BCUT2D eigenvalue weighted by molar-refractivity contribution is 6.37. The molecule has 5 atom stereocenters. The lowest BCUT2D eigenvalue weighted by Crippen LogP contribution is -2.63. The first kappa shape index (κ1) is 32.9. The number of nitrogens with one attached hydrogen (secondary N) is 3. The first-order valence-electron chi connectivity index (χ1n) is 16.5. The van der Waals surface area contributed by atoms with Gasteiger partial charge in [0.15, 0.2) is 0 Å². The zero-order chi connectivity index (χ0) is 32.7. The fourth-order valence-electron chi connectivity index (χ4n) is 7.85. The number of carbonyl (C=O) groups is 5. The highest BCUT2D eigenvalue weighted by Crippen LogP contribution is 2.65. The molecule has 11 heteroatoms. The van der Waals surface area contributed by atoms with Crippen LogP contribution in [-0.4, -0.2) is 69.6 Å². The summed E-state index contributed by atoms with van der Waals surface area (Å²) in [7, 11) is 0. The second-order valence-corrected chi connectivity index (χ2v) is 15.6. The molecule has 0 bridgehead atoms.